The highest BCUT2D eigenvalue weighted by Gasteiger charge is 2.24. The van der Waals surface area contributed by atoms with Crippen LogP contribution in [0.15, 0.2) is 59.7 Å². The van der Waals surface area contributed by atoms with Gasteiger partial charge in [-0.1, -0.05) is 18.2 Å². The van der Waals surface area contributed by atoms with E-state index >= 15 is 0 Å². The summed E-state index contributed by atoms with van der Waals surface area (Å²) >= 11 is 0. The third-order valence-corrected chi connectivity index (χ3v) is 4.93. The van der Waals surface area contributed by atoms with Crippen molar-refractivity contribution in [3.63, 3.8) is 0 Å². The first kappa shape index (κ1) is 18.8. The highest BCUT2D eigenvalue weighted by molar-refractivity contribution is 5.73. The molecule has 0 bridgehead atoms. The van der Waals surface area contributed by atoms with Crippen molar-refractivity contribution in [3.05, 3.63) is 71.0 Å². The SMILES string of the molecule is CC(=O)N1CC[C@H](Nc2ncc(F)c(-c3cccc(-n4ccccc4=O)c3)n2)C1. The van der Waals surface area contributed by atoms with Crippen LogP contribution < -0.4 is 10.9 Å². The van der Waals surface area contributed by atoms with Crippen LogP contribution in [0.2, 0.25) is 0 Å². The van der Waals surface area contributed by atoms with E-state index in [0.717, 1.165) is 12.6 Å². The lowest BCUT2D eigenvalue weighted by atomic mass is 10.1. The van der Waals surface area contributed by atoms with Gasteiger partial charge in [-0.15, -0.1) is 0 Å². The number of pyridine rings is 1. The zero-order valence-corrected chi connectivity index (χ0v) is 15.9. The molecular formula is C21H20FN5O2. The van der Waals surface area contributed by atoms with Crippen LogP contribution in [0.3, 0.4) is 0 Å². The minimum Gasteiger partial charge on any atom is -0.350 e. The van der Waals surface area contributed by atoms with Crippen molar-refractivity contribution in [2.75, 3.05) is 18.4 Å². The summed E-state index contributed by atoms with van der Waals surface area (Å²) in [6, 6.07) is 11.9. The summed E-state index contributed by atoms with van der Waals surface area (Å²) in [5.74, 6) is -0.216. The number of nitrogens with one attached hydrogen (secondary N) is 1. The molecule has 0 saturated carbocycles. The smallest absolute Gasteiger partial charge is 0.255 e. The fourth-order valence-corrected chi connectivity index (χ4v) is 3.43. The Morgan fingerprint density at radius 2 is 2.10 bits per heavy atom. The Kier molecular flexibility index (Phi) is 5.07. The maximum atomic E-state index is 14.5. The fraction of sp³-hybridized carbons (Fsp3) is 0.238. The molecule has 1 atom stereocenters. The summed E-state index contributed by atoms with van der Waals surface area (Å²) in [4.78, 5) is 33.7. The number of hydrogen-bond acceptors (Lipinski definition) is 5. The van der Waals surface area contributed by atoms with Crippen LogP contribution in [0.4, 0.5) is 10.3 Å². The molecule has 7 nitrogen and oxygen atoms in total. The van der Waals surface area contributed by atoms with Crippen LogP contribution in [-0.4, -0.2) is 44.5 Å². The second-order valence-corrected chi connectivity index (χ2v) is 6.94. The van der Waals surface area contributed by atoms with E-state index in [4.69, 9.17) is 0 Å². The zero-order valence-electron chi connectivity index (χ0n) is 15.9. The molecule has 0 radical (unpaired) electrons. The van der Waals surface area contributed by atoms with E-state index in [1.807, 2.05) is 0 Å². The van der Waals surface area contributed by atoms with Gasteiger partial charge in [0.2, 0.25) is 11.9 Å². The number of nitrogens with zero attached hydrogens (tertiary/aromatic N) is 4. The Morgan fingerprint density at radius 1 is 1.24 bits per heavy atom. The number of hydrogen-bond donors (Lipinski definition) is 1. The van der Waals surface area contributed by atoms with Crippen LogP contribution in [0.5, 0.6) is 0 Å². The molecule has 0 unspecified atom stereocenters. The fourth-order valence-electron chi connectivity index (χ4n) is 3.43. The second-order valence-electron chi connectivity index (χ2n) is 6.94. The molecule has 1 aliphatic rings. The zero-order chi connectivity index (χ0) is 20.4. The number of likely N-dealkylation sites (tertiary alicyclic amines) is 1. The number of carbonyl (C=O) groups is 1. The second kappa shape index (κ2) is 7.83. The average molecular weight is 393 g/mol. The first-order valence-electron chi connectivity index (χ1n) is 9.34. The number of benzene rings is 1. The topological polar surface area (TPSA) is 80.1 Å². The molecule has 148 valence electrons. The van der Waals surface area contributed by atoms with Gasteiger partial charge >= 0.3 is 0 Å². The molecule has 1 N–H and O–H groups in total. The molecule has 1 saturated heterocycles. The van der Waals surface area contributed by atoms with Crippen LogP contribution in [0.1, 0.15) is 13.3 Å². The normalized spacial score (nSPS) is 16.1. The van der Waals surface area contributed by atoms with Gasteiger partial charge in [0.05, 0.1) is 6.20 Å². The van der Waals surface area contributed by atoms with Crippen molar-refractivity contribution in [1.82, 2.24) is 19.4 Å². The standard InChI is InChI=1S/C21H20FN5O2/c1-14(28)26-10-8-16(13-26)24-21-23-12-18(22)20(25-21)15-5-4-6-17(11-15)27-9-3-2-7-19(27)29/h2-7,9,11-12,16H,8,10,13H2,1H3,(H,23,24,25)/t16-/m0/s1. The summed E-state index contributed by atoms with van der Waals surface area (Å²) < 4.78 is 16.0. The van der Waals surface area contributed by atoms with Crippen LogP contribution in [0.25, 0.3) is 16.9 Å². The highest BCUT2D eigenvalue weighted by Crippen LogP contribution is 2.24. The summed E-state index contributed by atoms with van der Waals surface area (Å²) in [6.45, 7) is 2.78. The van der Waals surface area contributed by atoms with Gasteiger partial charge in [0.1, 0.15) is 5.69 Å². The summed E-state index contributed by atoms with van der Waals surface area (Å²) in [7, 11) is 0. The molecule has 0 spiro atoms. The van der Waals surface area contributed by atoms with E-state index in [2.05, 4.69) is 15.3 Å². The van der Waals surface area contributed by atoms with Gasteiger partial charge in [-0.25, -0.2) is 14.4 Å². The predicted octanol–water partition coefficient (Wildman–Crippen LogP) is 2.47. The maximum Gasteiger partial charge on any atom is 0.255 e. The number of halogens is 1. The quantitative estimate of drug-likeness (QED) is 0.737. The predicted molar refractivity (Wildman–Crippen MR) is 107 cm³/mol. The Balaban J connectivity index is 1.62. The van der Waals surface area contributed by atoms with Gasteiger partial charge in [-0.05, 0) is 24.6 Å². The summed E-state index contributed by atoms with van der Waals surface area (Å²) in [5.41, 5.74) is 1.13. The molecule has 0 aliphatic carbocycles. The van der Waals surface area contributed by atoms with Crippen LogP contribution >= 0.6 is 0 Å². The molecule has 3 heterocycles. The first-order chi connectivity index (χ1) is 14.0. The van der Waals surface area contributed by atoms with E-state index in [9.17, 15) is 14.0 Å². The number of amides is 1. The summed E-state index contributed by atoms with van der Waals surface area (Å²) in [5, 5.41) is 3.18. The third-order valence-electron chi connectivity index (χ3n) is 4.93. The average Bonchev–Trinajstić information content (AvgIpc) is 3.19. The molecule has 1 aromatic carbocycles. The van der Waals surface area contributed by atoms with Crippen LogP contribution in [0, 0.1) is 5.82 Å². The number of carbonyl (C=O) groups excluding carboxylic acids is 1. The molecule has 2 aromatic heterocycles. The van der Waals surface area contributed by atoms with Crippen molar-refractivity contribution in [2.45, 2.75) is 19.4 Å². The van der Waals surface area contributed by atoms with Crippen molar-refractivity contribution in [3.8, 4) is 16.9 Å². The van der Waals surface area contributed by atoms with Gasteiger partial charge in [0.25, 0.3) is 5.56 Å². The minimum absolute atomic E-state index is 0.0199. The van der Waals surface area contributed by atoms with E-state index in [1.54, 1.807) is 54.4 Å². The number of anilines is 1. The van der Waals surface area contributed by atoms with Gasteiger partial charge in [0.15, 0.2) is 5.82 Å². The van der Waals surface area contributed by atoms with Crippen molar-refractivity contribution in [1.29, 1.82) is 0 Å². The molecule has 4 rings (SSSR count). The van der Waals surface area contributed by atoms with Crippen molar-refractivity contribution < 1.29 is 9.18 Å². The minimum atomic E-state index is -0.551. The van der Waals surface area contributed by atoms with Crippen molar-refractivity contribution >= 4 is 11.9 Å². The molecule has 3 aromatic rings. The van der Waals surface area contributed by atoms with E-state index in [0.29, 0.717) is 30.3 Å². The number of aromatic nitrogens is 3. The van der Waals surface area contributed by atoms with Crippen molar-refractivity contribution in [2.24, 2.45) is 0 Å². The lowest BCUT2D eigenvalue weighted by Crippen LogP contribution is -2.30. The Labute approximate surface area is 166 Å². The van der Waals surface area contributed by atoms with Gasteiger partial charge in [-0.3, -0.25) is 14.2 Å². The Morgan fingerprint density at radius 3 is 2.86 bits per heavy atom. The molecule has 8 heteroatoms. The third kappa shape index (κ3) is 4.01. The van der Waals surface area contributed by atoms with E-state index in [1.165, 1.54) is 10.6 Å². The molecule has 29 heavy (non-hydrogen) atoms. The molecule has 1 fully saturated rings. The Hall–Kier alpha value is -3.55. The van der Waals surface area contributed by atoms with Gasteiger partial charge in [0, 0.05) is 49.6 Å². The lowest BCUT2D eigenvalue weighted by Gasteiger charge is -2.15. The highest BCUT2D eigenvalue weighted by atomic mass is 19.1. The molecular weight excluding hydrogens is 373 g/mol. The Bertz CT molecular complexity index is 1110. The van der Waals surface area contributed by atoms with Gasteiger partial charge < -0.3 is 10.2 Å². The lowest BCUT2D eigenvalue weighted by molar-refractivity contribution is -0.127. The van der Waals surface area contributed by atoms with Crippen LogP contribution in [-0.2, 0) is 4.79 Å². The molecule has 1 amide bonds. The largest absolute Gasteiger partial charge is 0.350 e. The molecule has 1 aliphatic heterocycles. The monoisotopic (exact) mass is 393 g/mol. The summed E-state index contributed by atoms with van der Waals surface area (Å²) in [6.07, 6.45) is 3.57. The number of rotatable bonds is 4. The van der Waals surface area contributed by atoms with Gasteiger partial charge in [-0.2, -0.15) is 0 Å². The maximum absolute atomic E-state index is 14.5. The van der Waals surface area contributed by atoms with E-state index in [-0.39, 0.29) is 23.2 Å². The van der Waals surface area contributed by atoms with E-state index < -0.39 is 5.82 Å². The first-order valence-corrected chi connectivity index (χ1v) is 9.34.